The number of amides is 2. The van der Waals surface area contributed by atoms with E-state index in [0.717, 1.165) is 25.2 Å². The van der Waals surface area contributed by atoms with Crippen LogP contribution in [0, 0.1) is 6.92 Å². The van der Waals surface area contributed by atoms with Crippen molar-refractivity contribution in [1.29, 1.82) is 0 Å². The number of likely N-dealkylation sites (N-methyl/N-ethyl adjacent to an activating group) is 1. The number of benzene rings is 2. The molecule has 2 amide bonds. The lowest BCUT2D eigenvalue weighted by atomic mass is 10.1. The topological polar surface area (TPSA) is 88.2 Å². The molecule has 1 heterocycles. The van der Waals surface area contributed by atoms with E-state index in [1.165, 1.54) is 0 Å². The number of hydrogen-bond donors (Lipinski definition) is 1. The van der Waals surface area contributed by atoms with E-state index in [9.17, 15) is 14.4 Å². The molecule has 0 aromatic heterocycles. The van der Waals surface area contributed by atoms with Crippen LogP contribution in [0.4, 0.5) is 5.69 Å². The first-order valence-corrected chi connectivity index (χ1v) is 12.2. The van der Waals surface area contributed by atoms with Crippen LogP contribution in [0.2, 0.25) is 0 Å². The zero-order valence-electron chi connectivity index (χ0n) is 20.8. The highest BCUT2D eigenvalue weighted by molar-refractivity contribution is 6.02. The second-order valence-corrected chi connectivity index (χ2v) is 8.47. The van der Waals surface area contributed by atoms with Gasteiger partial charge in [0.2, 0.25) is 5.91 Å². The molecule has 1 aliphatic heterocycles. The molecular formula is C27H35N3O5. The highest BCUT2D eigenvalue weighted by atomic mass is 16.5. The third kappa shape index (κ3) is 7.29. The van der Waals surface area contributed by atoms with Gasteiger partial charge < -0.3 is 24.6 Å². The summed E-state index contributed by atoms with van der Waals surface area (Å²) < 4.78 is 11.2. The number of carbonyl (C=O) groups excluding carboxylic acids is 3. The first-order valence-electron chi connectivity index (χ1n) is 12.2. The van der Waals surface area contributed by atoms with Gasteiger partial charge in [-0.1, -0.05) is 32.0 Å². The van der Waals surface area contributed by atoms with E-state index < -0.39 is 0 Å². The van der Waals surface area contributed by atoms with Crippen molar-refractivity contribution in [3.63, 3.8) is 0 Å². The van der Waals surface area contributed by atoms with Crippen LogP contribution in [0.3, 0.4) is 0 Å². The van der Waals surface area contributed by atoms with Gasteiger partial charge in [-0.2, -0.15) is 0 Å². The molecular weight excluding hydrogens is 446 g/mol. The normalized spacial score (nSPS) is 12.8. The quantitative estimate of drug-likeness (QED) is 0.442. The van der Waals surface area contributed by atoms with Crippen LogP contribution in [0.15, 0.2) is 42.5 Å². The standard InChI is InChI=1S/C27H35N3O5/c1-4-29(5-2)16-14-28-26(32)11-8-15-30-22-17-21(12-13-25(22)35-19-27(30)33)23(31)18-34-24-10-7-6-9-20(24)3/h6-7,9-10,12-13,17H,4-5,8,11,14-16,18-19H2,1-3H3,(H,28,32). The zero-order valence-corrected chi connectivity index (χ0v) is 20.8. The minimum Gasteiger partial charge on any atom is -0.485 e. The van der Waals surface area contributed by atoms with Crippen molar-refractivity contribution in [2.45, 2.75) is 33.6 Å². The molecule has 0 radical (unpaired) electrons. The molecule has 2 aromatic rings. The smallest absolute Gasteiger partial charge is 0.265 e. The number of Topliss-reactive ketones (excluding diaryl/α,β-unsaturated/α-hetero) is 1. The fourth-order valence-corrected chi connectivity index (χ4v) is 3.95. The third-order valence-electron chi connectivity index (χ3n) is 6.11. The Morgan fingerprint density at radius 1 is 1.14 bits per heavy atom. The fourth-order valence-electron chi connectivity index (χ4n) is 3.95. The maximum atomic E-state index is 12.8. The van der Waals surface area contributed by atoms with Crippen molar-refractivity contribution in [3.05, 3.63) is 53.6 Å². The number of nitrogens with zero attached hydrogens (tertiary/aromatic N) is 2. The Morgan fingerprint density at radius 3 is 2.66 bits per heavy atom. The van der Waals surface area contributed by atoms with Crippen molar-refractivity contribution in [3.8, 4) is 11.5 Å². The molecule has 0 aliphatic carbocycles. The molecule has 8 nitrogen and oxygen atoms in total. The van der Waals surface area contributed by atoms with Crippen LogP contribution >= 0.6 is 0 Å². The Morgan fingerprint density at radius 2 is 1.91 bits per heavy atom. The van der Waals surface area contributed by atoms with Crippen molar-refractivity contribution in [2.75, 3.05) is 50.8 Å². The van der Waals surface area contributed by atoms with Gasteiger partial charge in [0, 0.05) is 31.6 Å². The largest absolute Gasteiger partial charge is 0.485 e. The molecule has 8 heteroatoms. The number of nitrogens with one attached hydrogen (secondary N) is 1. The van der Waals surface area contributed by atoms with Gasteiger partial charge in [0.25, 0.3) is 5.91 Å². The summed E-state index contributed by atoms with van der Waals surface area (Å²) in [6.07, 6.45) is 0.831. The Hall–Kier alpha value is -3.39. The molecule has 1 N–H and O–H groups in total. The first kappa shape index (κ1) is 26.2. The molecule has 35 heavy (non-hydrogen) atoms. The second kappa shape index (κ2) is 12.9. The minimum atomic E-state index is -0.194. The highest BCUT2D eigenvalue weighted by Gasteiger charge is 2.26. The molecule has 0 saturated heterocycles. The van der Waals surface area contributed by atoms with Gasteiger partial charge >= 0.3 is 0 Å². The molecule has 0 fully saturated rings. The van der Waals surface area contributed by atoms with Crippen LogP contribution in [0.25, 0.3) is 0 Å². The second-order valence-electron chi connectivity index (χ2n) is 8.47. The van der Waals surface area contributed by atoms with Gasteiger partial charge in [-0.25, -0.2) is 0 Å². The Bertz CT molecular complexity index is 1040. The first-order chi connectivity index (χ1) is 16.9. The molecule has 3 rings (SSSR count). The number of aryl methyl sites for hydroxylation is 1. The van der Waals surface area contributed by atoms with Gasteiger partial charge in [-0.3, -0.25) is 14.4 Å². The average Bonchev–Trinajstić information content (AvgIpc) is 2.87. The van der Waals surface area contributed by atoms with Crippen LogP contribution in [-0.4, -0.2) is 68.4 Å². The molecule has 0 spiro atoms. The molecule has 1 aliphatic rings. The number of fused-ring (bicyclic) bond motifs is 1. The summed E-state index contributed by atoms with van der Waals surface area (Å²) >= 11 is 0. The Balaban J connectivity index is 1.56. The van der Waals surface area contributed by atoms with Crippen LogP contribution < -0.4 is 19.7 Å². The van der Waals surface area contributed by atoms with Gasteiger partial charge in [0.15, 0.2) is 19.0 Å². The fraction of sp³-hybridized carbons (Fsp3) is 0.444. The van der Waals surface area contributed by atoms with Crippen molar-refractivity contribution >= 4 is 23.3 Å². The van der Waals surface area contributed by atoms with Crippen molar-refractivity contribution in [2.24, 2.45) is 0 Å². The molecule has 0 bridgehead atoms. The Labute approximate surface area is 207 Å². The monoisotopic (exact) mass is 481 g/mol. The maximum Gasteiger partial charge on any atom is 0.265 e. The van der Waals surface area contributed by atoms with E-state index in [4.69, 9.17) is 9.47 Å². The zero-order chi connectivity index (χ0) is 25.2. The molecule has 188 valence electrons. The summed E-state index contributed by atoms with van der Waals surface area (Å²) in [6.45, 7) is 9.65. The third-order valence-corrected chi connectivity index (χ3v) is 6.11. The SMILES string of the molecule is CCN(CC)CCNC(=O)CCCN1C(=O)COc2ccc(C(=O)COc3ccccc3C)cc21. The van der Waals surface area contributed by atoms with E-state index in [1.54, 1.807) is 23.1 Å². The van der Waals surface area contributed by atoms with E-state index in [2.05, 4.69) is 24.1 Å². The number of hydrogen-bond acceptors (Lipinski definition) is 6. The molecule has 0 atom stereocenters. The number of ether oxygens (including phenoxy) is 2. The van der Waals surface area contributed by atoms with E-state index in [-0.39, 0.29) is 30.8 Å². The number of rotatable bonds is 13. The predicted molar refractivity (Wildman–Crippen MR) is 135 cm³/mol. The summed E-state index contributed by atoms with van der Waals surface area (Å²) in [7, 11) is 0. The van der Waals surface area contributed by atoms with Gasteiger partial charge in [-0.15, -0.1) is 0 Å². The number of carbonyl (C=O) groups is 3. The highest BCUT2D eigenvalue weighted by Crippen LogP contribution is 2.33. The summed E-state index contributed by atoms with van der Waals surface area (Å²) in [5, 5.41) is 2.94. The minimum absolute atomic E-state index is 0.0321. The maximum absolute atomic E-state index is 12.8. The molecule has 0 saturated carbocycles. The van der Waals surface area contributed by atoms with E-state index in [0.29, 0.717) is 48.7 Å². The van der Waals surface area contributed by atoms with Gasteiger partial charge in [0.1, 0.15) is 11.5 Å². The average molecular weight is 482 g/mol. The van der Waals surface area contributed by atoms with Crippen LogP contribution in [0.1, 0.15) is 42.6 Å². The summed E-state index contributed by atoms with van der Waals surface area (Å²) in [5.41, 5.74) is 1.94. The lowest BCUT2D eigenvalue weighted by molar-refractivity contribution is -0.122. The van der Waals surface area contributed by atoms with E-state index >= 15 is 0 Å². The van der Waals surface area contributed by atoms with E-state index in [1.807, 2.05) is 31.2 Å². The Kier molecular flexibility index (Phi) is 9.66. The predicted octanol–water partition coefficient (Wildman–Crippen LogP) is 3.22. The van der Waals surface area contributed by atoms with Gasteiger partial charge in [0.05, 0.1) is 5.69 Å². The lowest BCUT2D eigenvalue weighted by Crippen LogP contribution is -2.40. The number of anilines is 1. The van der Waals surface area contributed by atoms with Crippen LogP contribution in [-0.2, 0) is 9.59 Å². The van der Waals surface area contributed by atoms with Crippen LogP contribution in [0.5, 0.6) is 11.5 Å². The van der Waals surface area contributed by atoms with Crippen molar-refractivity contribution in [1.82, 2.24) is 10.2 Å². The molecule has 2 aromatic carbocycles. The molecule has 0 unspecified atom stereocenters. The summed E-state index contributed by atoms with van der Waals surface area (Å²) in [6, 6.07) is 12.6. The number of para-hydroxylation sites is 1. The number of ketones is 1. The summed E-state index contributed by atoms with van der Waals surface area (Å²) in [4.78, 5) is 41.4. The van der Waals surface area contributed by atoms with Gasteiger partial charge in [-0.05, 0) is 56.3 Å². The lowest BCUT2D eigenvalue weighted by Gasteiger charge is -2.29. The van der Waals surface area contributed by atoms with Crippen molar-refractivity contribution < 1.29 is 23.9 Å². The summed E-state index contributed by atoms with van der Waals surface area (Å²) in [5.74, 6) is 0.788.